The zero-order valence-corrected chi connectivity index (χ0v) is 19.9. The van der Waals surface area contributed by atoms with Gasteiger partial charge in [0.25, 0.3) is 0 Å². The van der Waals surface area contributed by atoms with Crippen molar-refractivity contribution in [1.29, 1.82) is 0 Å². The third-order valence-electron chi connectivity index (χ3n) is 7.00. The van der Waals surface area contributed by atoms with Crippen LogP contribution in [-0.2, 0) is 22.3 Å². The third kappa shape index (κ3) is 5.84. The minimum absolute atomic E-state index is 0.0339. The highest BCUT2D eigenvalue weighted by Crippen LogP contribution is 2.34. The molecule has 5 nitrogen and oxygen atoms in total. The molecule has 1 aromatic carbocycles. The molecule has 1 saturated heterocycles. The summed E-state index contributed by atoms with van der Waals surface area (Å²) in [6.45, 7) is 8.27. The first-order valence-corrected chi connectivity index (χ1v) is 12.2. The van der Waals surface area contributed by atoms with Crippen molar-refractivity contribution in [3.8, 4) is 0 Å². The van der Waals surface area contributed by atoms with E-state index in [1.54, 1.807) is 12.1 Å². The standard InChI is InChI=1S/C26H34F3N3O2/c1-17(2)24-23-21(16-32(24)15-19-3-5-22(6-4-19)26(27,28)29)13-20(14-31-23)25(33)30-10-7-18-8-11-34-12-9-18/h3-6,13,17-18,24,31H,7-12,14-16H2,1-2H3,(H,30,33)/t24-/m0/s1. The number of ether oxygens (including phenoxy) is 1. The molecule has 0 aromatic heterocycles. The molecule has 2 N–H and O–H groups in total. The van der Waals surface area contributed by atoms with Crippen molar-refractivity contribution in [2.24, 2.45) is 11.8 Å². The van der Waals surface area contributed by atoms with Gasteiger partial charge in [-0.2, -0.15) is 13.2 Å². The second-order valence-corrected chi connectivity index (χ2v) is 9.85. The van der Waals surface area contributed by atoms with Gasteiger partial charge in [0.05, 0.1) is 11.6 Å². The zero-order valence-electron chi connectivity index (χ0n) is 19.9. The Labute approximate surface area is 199 Å². The Morgan fingerprint density at radius 1 is 1.21 bits per heavy atom. The van der Waals surface area contributed by atoms with Gasteiger partial charge in [0.1, 0.15) is 0 Å². The maximum absolute atomic E-state index is 12.9. The molecule has 186 valence electrons. The highest BCUT2D eigenvalue weighted by Gasteiger charge is 2.36. The van der Waals surface area contributed by atoms with E-state index in [0.29, 0.717) is 38.0 Å². The minimum atomic E-state index is -4.33. The van der Waals surface area contributed by atoms with E-state index in [4.69, 9.17) is 4.74 Å². The van der Waals surface area contributed by atoms with Gasteiger partial charge in [0.15, 0.2) is 0 Å². The first kappa shape index (κ1) is 24.8. The quantitative estimate of drug-likeness (QED) is 0.616. The molecular weight excluding hydrogens is 443 g/mol. The molecule has 0 saturated carbocycles. The van der Waals surface area contributed by atoms with Gasteiger partial charge >= 0.3 is 6.18 Å². The monoisotopic (exact) mass is 477 g/mol. The number of alkyl halides is 3. The van der Waals surface area contributed by atoms with Crippen molar-refractivity contribution in [1.82, 2.24) is 15.5 Å². The fourth-order valence-electron chi connectivity index (χ4n) is 5.20. The summed E-state index contributed by atoms with van der Waals surface area (Å²) in [7, 11) is 0. The van der Waals surface area contributed by atoms with E-state index in [-0.39, 0.29) is 11.9 Å². The Hall–Kier alpha value is -2.32. The summed E-state index contributed by atoms with van der Waals surface area (Å²) in [5.41, 5.74) is 3.15. The van der Waals surface area contributed by atoms with Crippen LogP contribution in [0.3, 0.4) is 0 Å². The van der Waals surface area contributed by atoms with Gasteiger partial charge in [-0.25, -0.2) is 0 Å². The molecule has 3 heterocycles. The molecule has 8 heteroatoms. The van der Waals surface area contributed by atoms with Gasteiger partial charge in [-0.05, 0) is 60.4 Å². The molecule has 34 heavy (non-hydrogen) atoms. The molecule has 1 aromatic rings. The van der Waals surface area contributed by atoms with Crippen LogP contribution in [-0.4, -0.2) is 49.7 Å². The fourth-order valence-corrected chi connectivity index (χ4v) is 5.20. The highest BCUT2D eigenvalue weighted by molar-refractivity contribution is 5.94. The Kier molecular flexibility index (Phi) is 7.67. The van der Waals surface area contributed by atoms with Crippen LogP contribution in [0.1, 0.15) is 44.2 Å². The van der Waals surface area contributed by atoms with Crippen LogP contribution < -0.4 is 10.6 Å². The Morgan fingerprint density at radius 2 is 1.91 bits per heavy atom. The summed E-state index contributed by atoms with van der Waals surface area (Å²) >= 11 is 0. The average molecular weight is 478 g/mol. The first-order valence-electron chi connectivity index (χ1n) is 12.2. The molecule has 4 rings (SSSR count). The second kappa shape index (κ2) is 10.5. The molecule has 0 spiro atoms. The number of hydrogen-bond donors (Lipinski definition) is 2. The Bertz CT molecular complexity index is 932. The molecule has 1 amide bonds. The molecule has 0 aliphatic carbocycles. The molecule has 3 aliphatic rings. The fraction of sp³-hybridized carbons (Fsp3) is 0.577. The number of carbonyl (C=O) groups is 1. The number of halogens is 3. The van der Waals surface area contributed by atoms with E-state index in [0.717, 1.165) is 67.0 Å². The predicted octanol–water partition coefficient (Wildman–Crippen LogP) is 4.26. The van der Waals surface area contributed by atoms with E-state index in [2.05, 4.69) is 29.4 Å². The van der Waals surface area contributed by atoms with Crippen LogP contribution in [0.15, 0.2) is 47.2 Å². The van der Waals surface area contributed by atoms with Gasteiger partial charge in [0.2, 0.25) is 5.91 Å². The lowest BCUT2D eigenvalue weighted by atomic mass is 9.96. The van der Waals surface area contributed by atoms with Crippen LogP contribution in [0.25, 0.3) is 0 Å². The van der Waals surface area contributed by atoms with Crippen molar-refractivity contribution >= 4 is 5.91 Å². The molecule has 3 aliphatic heterocycles. The van der Waals surface area contributed by atoms with Gasteiger partial charge in [0, 0.05) is 50.7 Å². The van der Waals surface area contributed by atoms with E-state index < -0.39 is 11.7 Å². The average Bonchev–Trinajstić information content (AvgIpc) is 3.16. The van der Waals surface area contributed by atoms with Crippen molar-refractivity contribution < 1.29 is 22.7 Å². The minimum Gasteiger partial charge on any atom is -0.382 e. The number of amides is 1. The Morgan fingerprint density at radius 3 is 2.56 bits per heavy atom. The molecule has 1 fully saturated rings. The maximum atomic E-state index is 12.9. The number of carbonyl (C=O) groups excluding carboxylic acids is 1. The normalized spacial score (nSPS) is 21.9. The summed E-state index contributed by atoms with van der Waals surface area (Å²) in [5, 5.41) is 6.54. The number of rotatable bonds is 7. The van der Waals surface area contributed by atoms with E-state index in [1.165, 1.54) is 0 Å². The summed E-state index contributed by atoms with van der Waals surface area (Å²) in [6, 6.07) is 5.52. The smallest absolute Gasteiger partial charge is 0.382 e. The van der Waals surface area contributed by atoms with Crippen LogP contribution in [0.5, 0.6) is 0 Å². The predicted molar refractivity (Wildman–Crippen MR) is 125 cm³/mol. The van der Waals surface area contributed by atoms with E-state index in [9.17, 15) is 18.0 Å². The van der Waals surface area contributed by atoms with Gasteiger partial charge in [-0.3, -0.25) is 9.69 Å². The number of hydrogen-bond acceptors (Lipinski definition) is 4. The summed E-state index contributed by atoms with van der Waals surface area (Å²) in [6.07, 6.45) is 0.755. The second-order valence-electron chi connectivity index (χ2n) is 9.85. The zero-order chi connectivity index (χ0) is 24.3. The number of nitrogens with one attached hydrogen (secondary N) is 2. The van der Waals surface area contributed by atoms with E-state index in [1.807, 2.05) is 6.08 Å². The molecule has 0 radical (unpaired) electrons. The molecular formula is C26H34F3N3O2. The number of benzene rings is 1. The lowest BCUT2D eigenvalue weighted by molar-refractivity contribution is -0.137. The van der Waals surface area contributed by atoms with Crippen molar-refractivity contribution in [2.75, 3.05) is 32.8 Å². The SMILES string of the molecule is CC(C)[C@H]1C2=C(C=C(C(=O)NCCC3CCOCC3)CN2)CN1Cc1ccc(C(F)(F)F)cc1. The summed E-state index contributed by atoms with van der Waals surface area (Å²) in [4.78, 5) is 15.0. The molecule has 0 bridgehead atoms. The highest BCUT2D eigenvalue weighted by atomic mass is 19.4. The molecule has 1 atom stereocenters. The van der Waals surface area contributed by atoms with Crippen LogP contribution in [0.2, 0.25) is 0 Å². The maximum Gasteiger partial charge on any atom is 0.416 e. The Balaban J connectivity index is 1.38. The summed E-state index contributed by atoms with van der Waals surface area (Å²) < 4.78 is 44.1. The van der Waals surface area contributed by atoms with Crippen LogP contribution in [0, 0.1) is 11.8 Å². The van der Waals surface area contributed by atoms with Gasteiger partial charge < -0.3 is 15.4 Å². The third-order valence-corrected chi connectivity index (χ3v) is 7.00. The number of dihydropyridines is 1. The lowest BCUT2D eigenvalue weighted by Gasteiger charge is -2.31. The van der Waals surface area contributed by atoms with Crippen LogP contribution in [0.4, 0.5) is 13.2 Å². The largest absolute Gasteiger partial charge is 0.416 e. The van der Waals surface area contributed by atoms with Crippen molar-refractivity contribution in [3.63, 3.8) is 0 Å². The van der Waals surface area contributed by atoms with Crippen molar-refractivity contribution in [2.45, 2.75) is 51.9 Å². The topological polar surface area (TPSA) is 53.6 Å². The molecule has 0 unspecified atom stereocenters. The van der Waals surface area contributed by atoms with Crippen LogP contribution >= 0.6 is 0 Å². The first-order chi connectivity index (χ1) is 16.2. The van der Waals surface area contributed by atoms with Crippen molar-refractivity contribution in [3.05, 3.63) is 58.3 Å². The summed E-state index contributed by atoms with van der Waals surface area (Å²) in [5.74, 6) is 0.897. The number of nitrogens with zero attached hydrogens (tertiary/aromatic N) is 1. The van der Waals surface area contributed by atoms with Gasteiger partial charge in [-0.1, -0.05) is 26.0 Å². The lowest BCUT2D eigenvalue weighted by Crippen LogP contribution is -2.40. The van der Waals surface area contributed by atoms with E-state index >= 15 is 0 Å². The van der Waals surface area contributed by atoms with Gasteiger partial charge in [-0.15, -0.1) is 0 Å².